The molecule has 0 aliphatic rings. The van der Waals surface area contributed by atoms with E-state index in [2.05, 4.69) is 14.4 Å². The molecule has 1 aromatic heterocycles. The largest absolute Gasteiger partial charge is 0.453 e. The van der Waals surface area contributed by atoms with Crippen LogP contribution in [0.25, 0.3) is 0 Å². The molecule has 0 fully saturated rings. The molecule has 0 radical (unpaired) electrons. The van der Waals surface area contributed by atoms with Crippen molar-refractivity contribution in [3.63, 3.8) is 0 Å². The molecule has 5 heteroatoms. The Kier molecular flexibility index (Phi) is 2.22. The molecule has 0 aliphatic heterocycles. The summed E-state index contributed by atoms with van der Waals surface area (Å²) >= 11 is 1.20. The summed E-state index contributed by atoms with van der Waals surface area (Å²) in [7, 11) is 1.32. The predicted molar refractivity (Wildman–Crippen MR) is 38.1 cm³/mol. The van der Waals surface area contributed by atoms with Crippen LogP contribution in [-0.2, 0) is 4.74 Å². The second kappa shape index (κ2) is 3.17. The molecule has 4 nitrogen and oxygen atoms in total. The van der Waals surface area contributed by atoms with Gasteiger partial charge in [0.05, 0.1) is 7.11 Å². The van der Waals surface area contributed by atoms with Crippen molar-refractivity contribution < 1.29 is 9.53 Å². The molecule has 0 saturated heterocycles. The van der Waals surface area contributed by atoms with Gasteiger partial charge in [-0.3, -0.25) is 5.32 Å². The van der Waals surface area contributed by atoms with Crippen molar-refractivity contribution in [3.05, 3.63) is 12.3 Å². The number of aromatic nitrogens is 1. The Morgan fingerprint density at radius 1 is 1.90 bits per heavy atom. The maximum atomic E-state index is 10.5. The van der Waals surface area contributed by atoms with Crippen molar-refractivity contribution in [2.24, 2.45) is 0 Å². The zero-order valence-corrected chi connectivity index (χ0v) is 6.14. The first-order chi connectivity index (χ1) is 4.83. The molecule has 0 aromatic carbocycles. The van der Waals surface area contributed by atoms with Crippen molar-refractivity contribution in [1.82, 2.24) is 4.37 Å². The molecule has 1 amide bonds. The minimum atomic E-state index is -0.468. The fourth-order valence-corrected chi connectivity index (χ4v) is 0.918. The normalized spacial score (nSPS) is 8.90. The summed E-state index contributed by atoms with van der Waals surface area (Å²) < 4.78 is 8.13. The van der Waals surface area contributed by atoms with Crippen molar-refractivity contribution in [2.75, 3.05) is 12.4 Å². The smallest absolute Gasteiger partial charge is 0.412 e. The Balaban J connectivity index is 2.48. The van der Waals surface area contributed by atoms with Crippen LogP contribution in [0.5, 0.6) is 0 Å². The van der Waals surface area contributed by atoms with E-state index >= 15 is 0 Å². The van der Waals surface area contributed by atoms with Gasteiger partial charge in [-0.05, 0) is 17.6 Å². The van der Waals surface area contributed by atoms with Gasteiger partial charge in [-0.1, -0.05) is 0 Å². The standard InChI is InChI=1S/C5H6N2O2S/c1-9-5(8)7-4-2-3-6-10-4/h2-3H,1H3,(H,7,8). The lowest BCUT2D eigenvalue weighted by Crippen LogP contribution is -2.09. The van der Waals surface area contributed by atoms with E-state index in [1.165, 1.54) is 18.6 Å². The van der Waals surface area contributed by atoms with Gasteiger partial charge in [0, 0.05) is 6.20 Å². The van der Waals surface area contributed by atoms with Gasteiger partial charge in [0.2, 0.25) is 0 Å². The van der Waals surface area contributed by atoms with Crippen LogP contribution < -0.4 is 5.32 Å². The lowest BCUT2D eigenvalue weighted by atomic mass is 10.7. The highest BCUT2D eigenvalue weighted by atomic mass is 32.1. The number of hydrogen-bond acceptors (Lipinski definition) is 4. The van der Waals surface area contributed by atoms with Crippen molar-refractivity contribution in [3.8, 4) is 0 Å². The average Bonchev–Trinajstić information content (AvgIpc) is 2.40. The first kappa shape index (κ1) is 7.01. The van der Waals surface area contributed by atoms with Gasteiger partial charge in [-0.15, -0.1) is 0 Å². The summed E-state index contributed by atoms with van der Waals surface area (Å²) in [6.07, 6.45) is 1.14. The Labute approximate surface area is 62.0 Å². The fourth-order valence-electron chi connectivity index (χ4n) is 0.432. The van der Waals surface area contributed by atoms with Crippen LogP contribution >= 0.6 is 11.5 Å². The Bertz CT molecular complexity index is 209. The Hall–Kier alpha value is -1.10. The molecule has 0 aliphatic carbocycles. The van der Waals surface area contributed by atoms with Gasteiger partial charge < -0.3 is 4.74 Å². The molecule has 0 unspecified atom stereocenters. The monoisotopic (exact) mass is 158 g/mol. The topological polar surface area (TPSA) is 51.2 Å². The minimum absolute atomic E-state index is 0.468. The molecule has 1 rings (SSSR count). The summed E-state index contributed by atoms with van der Waals surface area (Å²) in [5.41, 5.74) is 0. The first-order valence-electron chi connectivity index (χ1n) is 2.58. The van der Waals surface area contributed by atoms with Crippen molar-refractivity contribution >= 4 is 22.6 Å². The maximum absolute atomic E-state index is 10.5. The van der Waals surface area contributed by atoms with Gasteiger partial charge in [0.15, 0.2) is 0 Å². The van der Waals surface area contributed by atoms with E-state index in [-0.39, 0.29) is 0 Å². The number of amides is 1. The number of hydrogen-bond donors (Lipinski definition) is 1. The van der Waals surface area contributed by atoms with Crippen LogP contribution in [0.3, 0.4) is 0 Å². The van der Waals surface area contributed by atoms with E-state index < -0.39 is 6.09 Å². The van der Waals surface area contributed by atoms with E-state index in [1.54, 1.807) is 12.3 Å². The molecular formula is C5H6N2O2S. The molecule has 0 atom stereocenters. The number of nitrogens with one attached hydrogen (secondary N) is 1. The third kappa shape index (κ3) is 1.70. The molecule has 1 heterocycles. The van der Waals surface area contributed by atoms with Gasteiger partial charge in [-0.2, -0.15) is 4.37 Å². The lowest BCUT2D eigenvalue weighted by molar-refractivity contribution is 0.187. The predicted octanol–water partition coefficient (Wildman–Crippen LogP) is 1.32. The first-order valence-corrected chi connectivity index (χ1v) is 3.36. The van der Waals surface area contributed by atoms with E-state index in [0.29, 0.717) is 5.00 Å². The zero-order valence-electron chi connectivity index (χ0n) is 5.33. The second-order valence-electron chi connectivity index (χ2n) is 1.49. The summed E-state index contributed by atoms with van der Waals surface area (Å²) in [6.45, 7) is 0. The summed E-state index contributed by atoms with van der Waals surface area (Å²) in [5.74, 6) is 0. The molecular weight excluding hydrogens is 152 g/mol. The van der Waals surface area contributed by atoms with Crippen LogP contribution in [0.15, 0.2) is 12.3 Å². The van der Waals surface area contributed by atoms with Crippen LogP contribution in [0.4, 0.5) is 9.80 Å². The minimum Gasteiger partial charge on any atom is -0.453 e. The summed E-state index contributed by atoms with van der Waals surface area (Å²) in [5, 5.41) is 3.15. The average molecular weight is 158 g/mol. The van der Waals surface area contributed by atoms with Gasteiger partial charge in [0.1, 0.15) is 5.00 Å². The molecule has 0 spiro atoms. The third-order valence-corrected chi connectivity index (χ3v) is 1.51. The number of carbonyl (C=O) groups is 1. The number of carbonyl (C=O) groups excluding carboxylic acids is 1. The van der Waals surface area contributed by atoms with Gasteiger partial charge >= 0.3 is 6.09 Å². The molecule has 0 bridgehead atoms. The van der Waals surface area contributed by atoms with Crippen LogP contribution in [0.2, 0.25) is 0 Å². The number of rotatable bonds is 1. The van der Waals surface area contributed by atoms with Gasteiger partial charge in [-0.25, -0.2) is 4.79 Å². The number of nitrogens with zero attached hydrogens (tertiary/aromatic N) is 1. The lowest BCUT2D eigenvalue weighted by Gasteiger charge is -1.96. The molecule has 1 N–H and O–H groups in total. The highest BCUT2D eigenvalue weighted by Crippen LogP contribution is 2.10. The van der Waals surface area contributed by atoms with E-state index in [1.807, 2.05) is 0 Å². The Morgan fingerprint density at radius 3 is 3.20 bits per heavy atom. The highest BCUT2D eigenvalue weighted by molar-refractivity contribution is 7.10. The van der Waals surface area contributed by atoms with Crippen molar-refractivity contribution in [1.29, 1.82) is 0 Å². The van der Waals surface area contributed by atoms with E-state index in [9.17, 15) is 4.79 Å². The van der Waals surface area contributed by atoms with E-state index in [4.69, 9.17) is 0 Å². The van der Waals surface area contributed by atoms with Crippen LogP contribution in [0, 0.1) is 0 Å². The van der Waals surface area contributed by atoms with Gasteiger partial charge in [0.25, 0.3) is 0 Å². The second-order valence-corrected chi connectivity index (χ2v) is 2.33. The SMILES string of the molecule is COC(=O)Nc1ccns1. The third-order valence-electron chi connectivity index (χ3n) is 0.848. The van der Waals surface area contributed by atoms with E-state index in [0.717, 1.165) is 0 Å². The number of methoxy groups -OCH3 is 1. The number of ether oxygens (including phenoxy) is 1. The molecule has 0 saturated carbocycles. The summed E-state index contributed by atoms with van der Waals surface area (Å²) in [6, 6.07) is 1.70. The number of anilines is 1. The fraction of sp³-hybridized carbons (Fsp3) is 0.200. The Morgan fingerprint density at radius 2 is 2.70 bits per heavy atom. The zero-order chi connectivity index (χ0) is 7.40. The molecule has 54 valence electrons. The summed E-state index contributed by atoms with van der Waals surface area (Å²) in [4.78, 5) is 10.5. The molecule has 10 heavy (non-hydrogen) atoms. The van der Waals surface area contributed by atoms with Crippen molar-refractivity contribution in [2.45, 2.75) is 0 Å². The van der Waals surface area contributed by atoms with Crippen LogP contribution in [-0.4, -0.2) is 17.6 Å². The van der Waals surface area contributed by atoms with Crippen LogP contribution in [0.1, 0.15) is 0 Å². The highest BCUT2D eigenvalue weighted by Gasteiger charge is 1.99. The molecule has 1 aromatic rings. The quantitative estimate of drug-likeness (QED) is 0.670. The maximum Gasteiger partial charge on any atom is 0.412 e.